The normalized spacial score (nSPS) is 15.1. The van der Waals surface area contributed by atoms with E-state index >= 15 is 0 Å². The van der Waals surface area contributed by atoms with Gasteiger partial charge in [-0.3, -0.25) is 4.79 Å². The lowest BCUT2D eigenvalue weighted by Crippen LogP contribution is -2.28. The van der Waals surface area contributed by atoms with Crippen LogP contribution in [0.1, 0.15) is 18.1 Å². The Balaban J connectivity index is 1.79. The van der Waals surface area contributed by atoms with E-state index in [4.69, 9.17) is 14.2 Å². The second-order valence-corrected chi connectivity index (χ2v) is 6.80. The number of rotatable bonds is 8. The highest BCUT2D eigenvalue weighted by atomic mass is 16.5. The monoisotopic (exact) mass is 407 g/mol. The first-order chi connectivity index (χ1) is 14.5. The van der Waals surface area contributed by atoms with E-state index in [1.165, 1.54) is 7.11 Å². The number of carbonyl (C=O) groups excluding carboxylic acids is 2. The van der Waals surface area contributed by atoms with Crippen LogP contribution in [0.2, 0.25) is 0 Å². The number of nitrogens with zero attached hydrogens (tertiary/aromatic N) is 1. The van der Waals surface area contributed by atoms with Gasteiger partial charge in [-0.25, -0.2) is 4.79 Å². The fourth-order valence-electron chi connectivity index (χ4n) is 3.25. The van der Waals surface area contributed by atoms with Crippen LogP contribution in [-0.4, -0.2) is 44.1 Å². The average molecular weight is 407 g/mol. The van der Waals surface area contributed by atoms with E-state index in [0.717, 1.165) is 16.9 Å². The summed E-state index contributed by atoms with van der Waals surface area (Å²) in [5.74, 6) is -0.0513. The summed E-state index contributed by atoms with van der Waals surface area (Å²) in [4.78, 5) is 26.8. The quantitative estimate of drug-likeness (QED) is 0.494. The van der Waals surface area contributed by atoms with E-state index in [9.17, 15) is 9.59 Å². The zero-order valence-electron chi connectivity index (χ0n) is 17.4. The lowest BCUT2D eigenvalue weighted by atomic mass is 10.0. The van der Waals surface area contributed by atoms with E-state index < -0.39 is 5.97 Å². The number of benzene rings is 2. The molecule has 0 saturated heterocycles. The molecule has 0 N–H and O–H groups in total. The van der Waals surface area contributed by atoms with Crippen molar-refractivity contribution in [1.82, 2.24) is 4.90 Å². The molecular formula is C24H25NO5. The molecule has 2 aromatic carbocycles. The standard InChI is InChI=1S/C24H25NO5/c1-17-22(24(27)29-3)21(23(26)25(17)13-14-28-2)15-18-9-11-20(12-10-18)30-16-19-7-5-4-6-8-19/h4-12,15H,13-14,16H2,1-3H3/b21-15-. The highest BCUT2D eigenvalue weighted by molar-refractivity contribution is 6.16. The van der Waals surface area contributed by atoms with Gasteiger partial charge in [0.2, 0.25) is 0 Å². The Labute approximate surface area is 176 Å². The Bertz CT molecular complexity index is 961. The topological polar surface area (TPSA) is 65.1 Å². The molecule has 1 aliphatic heterocycles. The largest absolute Gasteiger partial charge is 0.489 e. The Hall–Kier alpha value is -3.38. The van der Waals surface area contributed by atoms with Crippen LogP contribution in [0.25, 0.3) is 6.08 Å². The first-order valence-electron chi connectivity index (χ1n) is 9.64. The van der Waals surface area contributed by atoms with Gasteiger partial charge in [0.05, 0.1) is 24.9 Å². The zero-order valence-corrected chi connectivity index (χ0v) is 17.4. The maximum Gasteiger partial charge on any atom is 0.340 e. The first-order valence-corrected chi connectivity index (χ1v) is 9.64. The molecule has 3 rings (SSSR count). The number of hydrogen-bond donors (Lipinski definition) is 0. The van der Waals surface area contributed by atoms with E-state index in [1.807, 2.05) is 54.6 Å². The fraction of sp³-hybridized carbons (Fsp3) is 0.250. The predicted molar refractivity (Wildman–Crippen MR) is 113 cm³/mol. The summed E-state index contributed by atoms with van der Waals surface area (Å²) < 4.78 is 15.8. The van der Waals surface area contributed by atoms with Gasteiger partial charge in [-0.15, -0.1) is 0 Å². The van der Waals surface area contributed by atoms with Crippen LogP contribution in [0, 0.1) is 0 Å². The Morgan fingerprint density at radius 2 is 1.73 bits per heavy atom. The lowest BCUT2D eigenvalue weighted by Gasteiger charge is -2.16. The summed E-state index contributed by atoms with van der Waals surface area (Å²) in [6.45, 7) is 2.95. The number of hydrogen-bond acceptors (Lipinski definition) is 5. The minimum Gasteiger partial charge on any atom is -0.489 e. The van der Waals surface area contributed by atoms with Crippen molar-refractivity contribution >= 4 is 18.0 Å². The average Bonchev–Trinajstić information content (AvgIpc) is 3.01. The molecule has 1 amide bonds. The third-order valence-corrected chi connectivity index (χ3v) is 4.86. The number of methoxy groups -OCH3 is 2. The molecule has 0 aliphatic carbocycles. The van der Waals surface area contributed by atoms with Crippen LogP contribution >= 0.6 is 0 Å². The van der Waals surface area contributed by atoms with Crippen molar-refractivity contribution < 1.29 is 23.8 Å². The molecule has 0 fully saturated rings. The van der Waals surface area contributed by atoms with Gasteiger partial charge >= 0.3 is 5.97 Å². The van der Waals surface area contributed by atoms with Gasteiger partial charge in [0.15, 0.2) is 0 Å². The van der Waals surface area contributed by atoms with Crippen molar-refractivity contribution in [2.24, 2.45) is 0 Å². The summed E-state index contributed by atoms with van der Waals surface area (Å²) in [5.41, 5.74) is 3.03. The number of allylic oxidation sites excluding steroid dienone is 1. The van der Waals surface area contributed by atoms with Gasteiger partial charge in [0.25, 0.3) is 5.91 Å². The predicted octanol–water partition coefficient (Wildman–Crippen LogP) is 3.58. The van der Waals surface area contributed by atoms with Crippen molar-refractivity contribution in [2.75, 3.05) is 27.4 Å². The van der Waals surface area contributed by atoms with Gasteiger partial charge in [-0.1, -0.05) is 42.5 Å². The van der Waals surface area contributed by atoms with Crippen LogP contribution in [0.5, 0.6) is 5.75 Å². The molecule has 0 atom stereocenters. The molecule has 0 unspecified atom stereocenters. The Morgan fingerprint density at radius 3 is 2.37 bits per heavy atom. The van der Waals surface area contributed by atoms with Crippen molar-refractivity contribution in [3.63, 3.8) is 0 Å². The molecule has 156 valence electrons. The number of amides is 1. The second-order valence-electron chi connectivity index (χ2n) is 6.80. The third kappa shape index (κ3) is 4.78. The molecule has 6 heteroatoms. The van der Waals surface area contributed by atoms with Gasteiger partial charge < -0.3 is 19.1 Å². The fourth-order valence-corrected chi connectivity index (χ4v) is 3.25. The van der Waals surface area contributed by atoms with Crippen molar-refractivity contribution in [3.05, 3.63) is 82.6 Å². The molecule has 0 spiro atoms. The molecule has 0 saturated carbocycles. The molecule has 2 aromatic rings. The molecule has 6 nitrogen and oxygen atoms in total. The molecular weight excluding hydrogens is 382 g/mol. The highest BCUT2D eigenvalue weighted by Gasteiger charge is 2.36. The first kappa shape index (κ1) is 21.3. The Morgan fingerprint density at radius 1 is 1.03 bits per heavy atom. The van der Waals surface area contributed by atoms with Crippen LogP contribution in [0.15, 0.2) is 71.4 Å². The molecule has 0 bridgehead atoms. The molecule has 30 heavy (non-hydrogen) atoms. The summed E-state index contributed by atoms with van der Waals surface area (Å²) in [6, 6.07) is 17.3. The summed E-state index contributed by atoms with van der Waals surface area (Å²) in [6.07, 6.45) is 1.70. The van der Waals surface area contributed by atoms with Crippen LogP contribution < -0.4 is 4.74 Å². The Kier molecular flexibility index (Phi) is 7.03. The van der Waals surface area contributed by atoms with Crippen LogP contribution in [0.4, 0.5) is 0 Å². The van der Waals surface area contributed by atoms with E-state index in [2.05, 4.69) is 0 Å². The van der Waals surface area contributed by atoms with Gasteiger partial charge in [-0.2, -0.15) is 0 Å². The van der Waals surface area contributed by atoms with Gasteiger partial charge in [-0.05, 0) is 36.3 Å². The van der Waals surface area contributed by atoms with Crippen molar-refractivity contribution in [3.8, 4) is 5.75 Å². The minimum absolute atomic E-state index is 0.241. The SMILES string of the molecule is COCCN1C(=O)/C(=C\c2ccc(OCc3ccccc3)cc2)C(C(=O)OC)=C1C. The van der Waals surface area contributed by atoms with E-state index in [1.54, 1.807) is 25.0 Å². The van der Waals surface area contributed by atoms with Crippen LogP contribution in [0.3, 0.4) is 0 Å². The molecule has 1 heterocycles. The van der Waals surface area contributed by atoms with Crippen molar-refractivity contribution in [1.29, 1.82) is 0 Å². The number of ether oxygens (including phenoxy) is 3. The summed E-state index contributed by atoms with van der Waals surface area (Å²) in [5, 5.41) is 0. The van der Waals surface area contributed by atoms with Gasteiger partial charge in [0.1, 0.15) is 12.4 Å². The molecule has 0 radical (unpaired) electrons. The lowest BCUT2D eigenvalue weighted by molar-refractivity contribution is -0.136. The van der Waals surface area contributed by atoms with Crippen LogP contribution in [-0.2, 0) is 25.7 Å². The summed E-state index contributed by atoms with van der Waals surface area (Å²) in [7, 11) is 2.88. The smallest absolute Gasteiger partial charge is 0.340 e. The maximum atomic E-state index is 12.9. The molecule has 1 aliphatic rings. The van der Waals surface area contributed by atoms with E-state index in [0.29, 0.717) is 31.0 Å². The second kappa shape index (κ2) is 9.89. The van der Waals surface area contributed by atoms with Crippen molar-refractivity contribution in [2.45, 2.75) is 13.5 Å². The highest BCUT2D eigenvalue weighted by Crippen LogP contribution is 2.31. The maximum absolute atomic E-state index is 12.9. The number of esters is 1. The van der Waals surface area contributed by atoms with Gasteiger partial charge in [0, 0.05) is 19.4 Å². The third-order valence-electron chi connectivity index (χ3n) is 4.86. The minimum atomic E-state index is -0.533. The number of carbonyl (C=O) groups is 2. The summed E-state index contributed by atoms with van der Waals surface area (Å²) >= 11 is 0. The molecule has 0 aromatic heterocycles. The zero-order chi connectivity index (χ0) is 21.5. The van der Waals surface area contributed by atoms with E-state index in [-0.39, 0.29) is 11.5 Å².